The number of fused-ring (bicyclic) bond motifs is 1. The van der Waals surface area contributed by atoms with E-state index in [1.165, 1.54) is 11.3 Å². The number of carbonyl (C=O) groups excluding carboxylic acids is 2. The lowest BCUT2D eigenvalue weighted by molar-refractivity contribution is 0.0141. The van der Waals surface area contributed by atoms with Crippen LogP contribution in [0.15, 0.2) is 11.4 Å². The fraction of sp³-hybridized carbons (Fsp3) is 0.500. The van der Waals surface area contributed by atoms with Gasteiger partial charge in [-0.15, -0.1) is 22.7 Å². The first-order valence-corrected chi connectivity index (χ1v) is 9.76. The monoisotopic (exact) mass is 386 g/mol. The maximum Gasteiger partial charge on any atom is 0.410 e. The van der Waals surface area contributed by atoms with Crippen molar-refractivity contribution in [3.63, 3.8) is 0 Å². The van der Waals surface area contributed by atoms with E-state index in [2.05, 4.69) is 0 Å². The van der Waals surface area contributed by atoms with Gasteiger partial charge in [0.1, 0.15) is 10.5 Å². The molecule has 0 N–H and O–H groups in total. The van der Waals surface area contributed by atoms with Crippen molar-refractivity contribution in [3.05, 3.63) is 21.3 Å². The molecule has 2 aromatic rings. The van der Waals surface area contributed by atoms with Crippen molar-refractivity contribution in [1.82, 2.24) is 9.80 Å². The molecular formula is C16H19ClN2O3S2. The molecular weight excluding hydrogens is 368 g/mol. The summed E-state index contributed by atoms with van der Waals surface area (Å²) in [4.78, 5) is 28.8. The highest BCUT2D eigenvalue weighted by molar-refractivity contribution is 7.38. The van der Waals surface area contributed by atoms with Crippen LogP contribution in [0.3, 0.4) is 0 Å². The van der Waals surface area contributed by atoms with Crippen molar-refractivity contribution in [3.8, 4) is 0 Å². The number of ether oxygens (including phenoxy) is 1. The van der Waals surface area contributed by atoms with Crippen LogP contribution in [0.25, 0.3) is 9.40 Å². The molecule has 1 aliphatic rings. The van der Waals surface area contributed by atoms with Crippen LogP contribution in [0.1, 0.15) is 30.4 Å². The second-order valence-corrected chi connectivity index (χ2v) is 9.20. The zero-order valence-electron chi connectivity index (χ0n) is 13.8. The number of amides is 2. The molecule has 5 nitrogen and oxygen atoms in total. The Morgan fingerprint density at radius 3 is 2.38 bits per heavy atom. The first-order chi connectivity index (χ1) is 11.3. The van der Waals surface area contributed by atoms with Crippen LogP contribution in [-0.4, -0.2) is 53.6 Å². The highest BCUT2D eigenvalue weighted by Crippen LogP contribution is 2.39. The maximum atomic E-state index is 12.7. The Bertz CT molecular complexity index is 770. The van der Waals surface area contributed by atoms with Crippen molar-refractivity contribution in [1.29, 1.82) is 0 Å². The van der Waals surface area contributed by atoms with Gasteiger partial charge in [0.05, 0.1) is 9.04 Å². The SMILES string of the molecule is CC(C)(C)OC(=O)N1CCN(C(=O)c2sc3sccc3c2Cl)CC1. The lowest BCUT2D eigenvalue weighted by Crippen LogP contribution is -2.51. The van der Waals surface area contributed by atoms with E-state index in [4.69, 9.17) is 16.3 Å². The van der Waals surface area contributed by atoms with E-state index in [1.54, 1.807) is 21.1 Å². The molecule has 1 fully saturated rings. The van der Waals surface area contributed by atoms with Crippen LogP contribution < -0.4 is 0 Å². The molecule has 130 valence electrons. The van der Waals surface area contributed by atoms with Crippen molar-refractivity contribution in [2.24, 2.45) is 0 Å². The second kappa shape index (κ2) is 6.54. The number of hydrogen-bond donors (Lipinski definition) is 0. The lowest BCUT2D eigenvalue weighted by atomic mass is 10.2. The van der Waals surface area contributed by atoms with Crippen molar-refractivity contribution >= 4 is 55.7 Å². The Kier molecular flexibility index (Phi) is 4.77. The van der Waals surface area contributed by atoms with E-state index in [1.807, 2.05) is 32.2 Å². The molecule has 0 spiro atoms. The highest BCUT2D eigenvalue weighted by Gasteiger charge is 2.30. The van der Waals surface area contributed by atoms with Gasteiger partial charge in [-0.3, -0.25) is 4.79 Å². The van der Waals surface area contributed by atoms with Gasteiger partial charge in [0.2, 0.25) is 0 Å². The number of hydrogen-bond acceptors (Lipinski definition) is 5. The normalized spacial score (nSPS) is 15.8. The number of rotatable bonds is 1. The molecule has 2 amide bonds. The molecule has 8 heteroatoms. The number of piperazine rings is 1. The summed E-state index contributed by atoms with van der Waals surface area (Å²) in [7, 11) is 0. The minimum absolute atomic E-state index is 0.0581. The molecule has 0 bridgehead atoms. The summed E-state index contributed by atoms with van der Waals surface area (Å²) < 4.78 is 6.44. The van der Waals surface area contributed by atoms with Crippen LogP contribution in [-0.2, 0) is 4.74 Å². The molecule has 0 unspecified atom stereocenters. The highest BCUT2D eigenvalue weighted by atomic mass is 35.5. The van der Waals surface area contributed by atoms with Crippen LogP contribution in [0.2, 0.25) is 5.02 Å². The minimum Gasteiger partial charge on any atom is -0.444 e. The third-order valence-corrected chi connectivity index (χ3v) is 6.41. The Balaban J connectivity index is 1.64. The third-order valence-electron chi connectivity index (χ3n) is 3.67. The quantitative estimate of drug-likeness (QED) is 0.733. The van der Waals surface area contributed by atoms with Crippen molar-refractivity contribution in [2.45, 2.75) is 26.4 Å². The van der Waals surface area contributed by atoms with Gasteiger partial charge < -0.3 is 14.5 Å². The summed E-state index contributed by atoms with van der Waals surface area (Å²) in [5.74, 6) is -0.0581. The number of nitrogens with zero attached hydrogens (tertiary/aromatic N) is 2. The predicted octanol–water partition coefficient (Wildman–Crippen LogP) is 4.31. The average molecular weight is 387 g/mol. The first kappa shape index (κ1) is 17.5. The van der Waals surface area contributed by atoms with Gasteiger partial charge in [0, 0.05) is 31.6 Å². The van der Waals surface area contributed by atoms with Crippen molar-refractivity contribution in [2.75, 3.05) is 26.2 Å². The van der Waals surface area contributed by atoms with E-state index < -0.39 is 5.60 Å². The second-order valence-electron chi connectivity index (χ2n) is 6.63. The molecule has 2 aromatic heterocycles. The van der Waals surface area contributed by atoms with E-state index in [9.17, 15) is 9.59 Å². The summed E-state index contributed by atoms with van der Waals surface area (Å²) in [6.07, 6.45) is -0.329. The molecule has 1 aliphatic heterocycles. The Morgan fingerprint density at radius 1 is 1.17 bits per heavy atom. The van der Waals surface area contributed by atoms with Gasteiger partial charge in [-0.05, 0) is 32.2 Å². The van der Waals surface area contributed by atoms with Gasteiger partial charge in [0.15, 0.2) is 0 Å². The van der Waals surface area contributed by atoms with E-state index in [0.717, 1.165) is 9.40 Å². The summed E-state index contributed by atoms with van der Waals surface area (Å²) >= 11 is 9.38. The van der Waals surface area contributed by atoms with Gasteiger partial charge in [-0.2, -0.15) is 0 Å². The molecule has 1 saturated heterocycles. The van der Waals surface area contributed by atoms with Crippen LogP contribution in [0, 0.1) is 0 Å². The molecule has 0 atom stereocenters. The van der Waals surface area contributed by atoms with E-state index in [-0.39, 0.29) is 12.0 Å². The standard InChI is InChI=1S/C16H19ClN2O3S2/c1-16(2,3)22-15(21)19-7-5-18(6-8-19)13(20)12-11(17)10-4-9-23-14(10)24-12/h4,9H,5-8H2,1-3H3. The number of thiophene rings is 2. The smallest absolute Gasteiger partial charge is 0.410 e. The number of carbonyl (C=O) groups is 2. The predicted molar refractivity (Wildman–Crippen MR) is 98.4 cm³/mol. The summed E-state index contributed by atoms with van der Waals surface area (Å²) in [5.41, 5.74) is -0.514. The van der Waals surface area contributed by atoms with Crippen LogP contribution in [0.5, 0.6) is 0 Å². The first-order valence-electron chi connectivity index (χ1n) is 7.69. The van der Waals surface area contributed by atoms with Crippen LogP contribution >= 0.6 is 34.3 Å². The number of halogens is 1. The lowest BCUT2D eigenvalue weighted by Gasteiger charge is -2.35. The Labute approximate surface area is 153 Å². The largest absolute Gasteiger partial charge is 0.444 e. The average Bonchev–Trinajstić information content (AvgIpc) is 3.08. The van der Waals surface area contributed by atoms with Crippen LogP contribution in [0.4, 0.5) is 4.79 Å². The summed E-state index contributed by atoms with van der Waals surface area (Å²) in [6, 6.07) is 1.94. The fourth-order valence-corrected chi connectivity index (χ4v) is 5.08. The van der Waals surface area contributed by atoms with Crippen molar-refractivity contribution < 1.29 is 14.3 Å². The molecule has 0 aliphatic carbocycles. The Hall–Kier alpha value is -1.31. The molecule has 3 heterocycles. The van der Waals surface area contributed by atoms with Gasteiger partial charge in [-0.1, -0.05) is 11.6 Å². The third kappa shape index (κ3) is 3.53. The fourth-order valence-electron chi connectivity index (χ4n) is 2.50. The minimum atomic E-state index is -0.514. The van der Waals surface area contributed by atoms with Gasteiger partial charge in [0.25, 0.3) is 5.91 Å². The molecule has 24 heavy (non-hydrogen) atoms. The molecule has 0 radical (unpaired) electrons. The Morgan fingerprint density at radius 2 is 1.79 bits per heavy atom. The molecule has 0 saturated carbocycles. The van der Waals surface area contributed by atoms with E-state index in [0.29, 0.717) is 36.1 Å². The van der Waals surface area contributed by atoms with Gasteiger partial charge >= 0.3 is 6.09 Å². The molecule has 3 rings (SSSR count). The van der Waals surface area contributed by atoms with E-state index >= 15 is 0 Å². The summed E-state index contributed by atoms with van der Waals surface area (Å²) in [5, 5.41) is 3.46. The maximum absolute atomic E-state index is 12.7. The molecule has 0 aromatic carbocycles. The summed E-state index contributed by atoms with van der Waals surface area (Å²) in [6.45, 7) is 7.44. The van der Waals surface area contributed by atoms with Gasteiger partial charge in [-0.25, -0.2) is 4.79 Å². The zero-order chi connectivity index (χ0) is 17.5. The zero-order valence-corrected chi connectivity index (χ0v) is 16.2. The topological polar surface area (TPSA) is 49.9 Å².